The molecule has 0 spiro atoms. The van der Waals surface area contributed by atoms with Gasteiger partial charge in [0, 0.05) is 31.6 Å². The highest BCUT2D eigenvalue weighted by molar-refractivity contribution is 5.96. The molecule has 0 bridgehead atoms. The van der Waals surface area contributed by atoms with Crippen LogP contribution in [0, 0.1) is 6.92 Å². The summed E-state index contributed by atoms with van der Waals surface area (Å²) >= 11 is 0. The van der Waals surface area contributed by atoms with Gasteiger partial charge in [-0.2, -0.15) is 0 Å². The molecule has 1 heterocycles. The number of carbonyl (C=O) groups excluding carboxylic acids is 1. The molecule has 0 aliphatic carbocycles. The molecule has 6 heteroatoms. The molecule has 162 valence electrons. The fourth-order valence-electron chi connectivity index (χ4n) is 3.45. The van der Waals surface area contributed by atoms with Crippen molar-refractivity contribution in [2.24, 2.45) is 0 Å². The van der Waals surface area contributed by atoms with Crippen LogP contribution in [0.5, 0.6) is 11.5 Å². The third-order valence-electron chi connectivity index (χ3n) is 5.25. The third-order valence-corrected chi connectivity index (χ3v) is 5.25. The second kappa shape index (κ2) is 11.1. The Morgan fingerprint density at radius 1 is 1.13 bits per heavy atom. The first kappa shape index (κ1) is 22.3. The fraction of sp³-hybridized carbons (Fsp3) is 0.458. The molecule has 1 aliphatic heterocycles. The van der Waals surface area contributed by atoms with E-state index in [4.69, 9.17) is 14.2 Å². The Morgan fingerprint density at radius 2 is 1.87 bits per heavy atom. The van der Waals surface area contributed by atoms with Crippen LogP contribution in [-0.2, 0) is 11.2 Å². The predicted molar refractivity (Wildman–Crippen MR) is 116 cm³/mol. The average Bonchev–Trinajstić information content (AvgIpc) is 2.77. The van der Waals surface area contributed by atoms with Gasteiger partial charge in [0.1, 0.15) is 12.7 Å². The maximum atomic E-state index is 12.4. The maximum absolute atomic E-state index is 12.4. The summed E-state index contributed by atoms with van der Waals surface area (Å²) in [6.07, 6.45) is 0.442. The molecule has 1 N–H and O–H groups in total. The topological polar surface area (TPSA) is 68.2 Å². The SMILES string of the molecule is COc1ccc(CCC(=O)c2ccc(C)cc2)cc1OCC(O)CN1CCOCC1. The number of carbonyl (C=O) groups is 1. The highest BCUT2D eigenvalue weighted by Gasteiger charge is 2.16. The van der Waals surface area contributed by atoms with E-state index in [2.05, 4.69) is 4.90 Å². The first-order valence-corrected chi connectivity index (χ1v) is 10.4. The number of benzene rings is 2. The number of methoxy groups -OCH3 is 1. The number of β-amino-alcohol motifs (C(OH)–C–C–N with tert-alkyl or cyclic N) is 1. The lowest BCUT2D eigenvalue weighted by Gasteiger charge is -2.28. The van der Waals surface area contributed by atoms with Gasteiger partial charge >= 0.3 is 0 Å². The average molecular weight is 414 g/mol. The van der Waals surface area contributed by atoms with Crippen molar-refractivity contribution in [3.05, 3.63) is 59.2 Å². The van der Waals surface area contributed by atoms with Crippen LogP contribution in [0.15, 0.2) is 42.5 Å². The van der Waals surface area contributed by atoms with Crippen LogP contribution in [0.25, 0.3) is 0 Å². The highest BCUT2D eigenvalue weighted by atomic mass is 16.5. The van der Waals surface area contributed by atoms with Crippen LogP contribution in [0.1, 0.15) is 27.9 Å². The lowest BCUT2D eigenvalue weighted by atomic mass is 10.0. The molecule has 2 aromatic carbocycles. The monoisotopic (exact) mass is 413 g/mol. The van der Waals surface area contributed by atoms with Gasteiger partial charge in [0.05, 0.1) is 20.3 Å². The van der Waals surface area contributed by atoms with E-state index in [1.807, 2.05) is 49.4 Å². The minimum Gasteiger partial charge on any atom is -0.493 e. The standard InChI is InChI=1S/C24H31NO5/c1-18-3-7-20(8-4-18)22(27)9-5-19-6-10-23(28-2)24(15-19)30-17-21(26)16-25-11-13-29-14-12-25/h3-4,6-8,10,15,21,26H,5,9,11-14,16-17H2,1-2H3. The summed E-state index contributed by atoms with van der Waals surface area (Å²) in [5, 5.41) is 10.3. The molecule has 1 fully saturated rings. The largest absolute Gasteiger partial charge is 0.493 e. The van der Waals surface area contributed by atoms with E-state index in [9.17, 15) is 9.90 Å². The quantitative estimate of drug-likeness (QED) is 0.604. The van der Waals surface area contributed by atoms with Crippen molar-refractivity contribution in [2.75, 3.05) is 46.6 Å². The number of aliphatic hydroxyl groups excluding tert-OH is 1. The van der Waals surface area contributed by atoms with E-state index >= 15 is 0 Å². The first-order valence-electron chi connectivity index (χ1n) is 10.4. The lowest BCUT2D eigenvalue weighted by Crippen LogP contribution is -2.42. The first-order chi connectivity index (χ1) is 14.5. The smallest absolute Gasteiger partial charge is 0.163 e. The van der Waals surface area contributed by atoms with Crippen molar-refractivity contribution < 1.29 is 24.1 Å². The van der Waals surface area contributed by atoms with Crippen LogP contribution in [0.4, 0.5) is 0 Å². The zero-order valence-electron chi connectivity index (χ0n) is 17.8. The number of aryl methyl sites for hydroxylation is 2. The van der Waals surface area contributed by atoms with Gasteiger partial charge in [-0.15, -0.1) is 0 Å². The molecule has 0 amide bonds. The van der Waals surface area contributed by atoms with Gasteiger partial charge < -0.3 is 19.3 Å². The molecular weight excluding hydrogens is 382 g/mol. The van der Waals surface area contributed by atoms with E-state index in [1.165, 1.54) is 0 Å². The summed E-state index contributed by atoms with van der Waals surface area (Å²) in [4.78, 5) is 14.6. The molecule has 30 heavy (non-hydrogen) atoms. The van der Waals surface area contributed by atoms with Gasteiger partial charge in [-0.3, -0.25) is 9.69 Å². The molecule has 1 saturated heterocycles. The van der Waals surface area contributed by atoms with Crippen molar-refractivity contribution >= 4 is 5.78 Å². The summed E-state index contributed by atoms with van der Waals surface area (Å²) < 4.78 is 16.6. The molecule has 0 radical (unpaired) electrons. The van der Waals surface area contributed by atoms with Crippen LogP contribution in [0.2, 0.25) is 0 Å². The number of nitrogens with zero attached hydrogens (tertiary/aromatic N) is 1. The van der Waals surface area contributed by atoms with Gasteiger partial charge in [-0.25, -0.2) is 0 Å². The highest BCUT2D eigenvalue weighted by Crippen LogP contribution is 2.29. The second-order valence-electron chi connectivity index (χ2n) is 7.65. The van der Waals surface area contributed by atoms with Crippen LogP contribution < -0.4 is 9.47 Å². The van der Waals surface area contributed by atoms with E-state index in [0.29, 0.717) is 44.1 Å². The predicted octanol–water partition coefficient (Wildman–Crippen LogP) is 2.89. The number of Topliss-reactive ketones (excluding diaryl/α,β-unsaturated/α-hetero) is 1. The Hall–Kier alpha value is -2.41. The Kier molecular flexibility index (Phi) is 8.25. The zero-order valence-corrected chi connectivity index (χ0v) is 17.8. The molecular formula is C24H31NO5. The van der Waals surface area contributed by atoms with Crippen molar-refractivity contribution in [1.82, 2.24) is 4.90 Å². The van der Waals surface area contributed by atoms with E-state index in [0.717, 1.165) is 29.8 Å². The summed E-state index contributed by atoms with van der Waals surface area (Å²) in [5.74, 6) is 1.32. The number of ketones is 1. The Balaban J connectivity index is 1.54. The Bertz CT molecular complexity index is 815. The fourth-order valence-corrected chi connectivity index (χ4v) is 3.45. The number of aliphatic hydroxyl groups is 1. The maximum Gasteiger partial charge on any atom is 0.163 e. The molecule has 6 nitrogen and oxygen atoms in total. The molecule has 3 rings (SSSR count). The van der Waals surface area contributed by atoms with Crippen LogP contribution in [0.3, 0.4) is 0 Å². The molecule has 0 saturated carbocycles. The van der Waals surface area contributed by atoms with Crippen molar-refractivity contribution in [3.63, 3.8) is 0 Å². The van der Waals surface area contributed by atoms with Crippen LogP contribution in [-0.4, -0.2) is 68.5 Å². The number of morpholine rings is 1. The summed E-state index contributed by atoms with van der Waals surface area (Å²) in [7, 11) is 1.59. The second-order valence-corrected chi connectivity index (χ2v) is 7.65. The number of hydrogen-bond acceptors (Lipinski definition) is 6. The van der Waals surface area contributed by atoms with E-state index in [-0.39, 0.29) is 12.4 Å². The summed E-state index contributed by atoms with van der Waals surface area (Å²) in [6, 6.07) is 13.3. The van der Waals surface area contributed by atoms with Gasteiger partial charge in [-0.05, 0) is 31.0 Å². The number of ether oxygens (including phenoxy) is 3. The van der Waals surface area contributed by atoms with Crippen molar-refractivity contribution in [2.45, 2.75) is 25.9 Å². The van der Waals surface area contributed by atoms with E-state index in [1.54, 1.807) is 7.11 Å². The van der Waals surface area contributed by atoms with Gasteiger partial charge in [0.2, 0.25) is 0 Å². The van der Waals surface area contributed by atoms with Crippen molar-refractivity contribution in [1.29, 1.82) is 0 Å². The molecule has 2 aromatic rings. The molecule has 1 aliphatic rings. The Labute approximate surface area is 178 Å². The summed E-state index contributed by atoms with van der Waals surface area (Å²) in [6.45, 7) is 5.78. The van der Waals surface area contributed by atoms with E-state index < -0.39 is 6.10 Å². The zero-order chi connectivity index (χ0) is 21.3. The number of hydrogen-bond donors (Lipinski definition) is 1. The van der Waals surface area contributed by atoms with Crippen LogP contribution >= 0.6 is 0 Å². The van der Waals surface area contributed by atoms with Gasteiger partial charge in [0.25, 0.3) is 0 Å². The molecule has 1 atom stereocenters. The lowest BCUT2D eigenvalue weighted by molar-refractivity contribution is 0.00444. The minimum atomic E-state index is -0.598. The van der Waals surface area contributed by atoms with Gasteiger partial charge in [-0.1, -0.05) is 35.9 Å². The minimum absolute atomic E-state index is 0.120. The molecule has 1 unspecified atom stereocenters. The normalized spacial score (nSPS) is 15.6. The van der Waals surface area contributed by atoms with Gasteiger partial charge in [0.15, 0.2) is 17.3 Å². The summed E-state index contributed by atoms with van der Waals surface area (Å²) in [5.41, 5.74) is 2.87. The number of rotatable bonds is 10. The Morgan fingerprint density at radius 3 is 2.57 bits per heavy atom. The van der Waals surface area contributed by atoms with Crippen molar-refractivity contribution in [3.8, 4) is 11.5 Å². The molecule has 0 aromatic heterocycles. The third kappa shape index (κ3) is 6.55.